The van der Waals surface area contributed by atoms with Crippen LogP contribution in [0.2, 0.25) is 0 Å². The number of carboxylic acid groups (broad SMARTS) is 1. The summed E-state index contributed by atoms with van der Waals surface area (Å²) in [5.74, 6) is -17.4. The van der Waals surface area contributed by atoms with Gasteiger partial charge in [-0.15, -0.1) is 0 Å². The Morgan fingerprint density at radius 1 is 0.917 bits per heavy atom. The second-order valence-corrected chi connectivity index (χ2v) is 4.61. The van der Waals surface area contributed by atoms with Crippen LogP contribution in [0.25, 0.3) is 0 Å². The fourth-order valence-electron chi connectivity index (χ4n) is 1.24. The van der Waals surface area contributed by atoms with Gasteiger partial charge in [0.25, 0.3) is 0 Å². The molecule has 0 radical (unpaired) electrons. The van der Waals surface area contributed by atoms with Crippen LogP contribution in [-0.4, -0.2) is 74.7 Å². The molecule has 24 heavy (non-hydrogen) atoms. The predicted molar refractivity (Wildman–Crippen MR) is 68.1 cm³/mol. The van der Waals surface area contributed by atoms with Gasteiger partial charge < -0.3 is 25.5 Å². The zero-order valence-electron chi connectivity index (χ0n) is 12.2. The maximum atomic E-state index is 13.1. The Bertz CT molecular complexity index is 377. The molecule has 0 aromatic carbocycles. The summed E-state index contributed by atoms with van der Waals surface area (Å²) in [6, 6.07) is 0. The topological polar surface area (TPSA) is 118 Å². The second kappa shape index (κ2) is 9.81. The van der Waals surface area contributed by atoms with Gasteiger partial charge in [-0.05, 0) is 0 Å². The normalized spacial score (nSPS) is 15.1. The first-order chi connectivity index (χ1) is 10.7. The molecule has 0 aliphatic carbocycles. The van der Waals surface area contributed by atoms with Crippen molar-refractivity contribution in [3.05, 3.63) is 12.7 Å². The van der Waals surface area contributed by atoms with E-state index >= 15 is 0 Å². The molecule has 0 aromatic rings. The van der Waals surface area contributed by atoms with E-state index in [1.54, 1.807) is 0 Å². The van der Waals surface area contributed by atoms with Gasteiger partial charge in [-0.3, -0.25) is 0 Å². The van der Waals surface area contributed by atoms with Gasteiger partial charge in [-0.25, -0.2) is 4.79 Å². The molecule has 0 rings (SSSR count). The number of aliphatic hydroxyl groups is 4. The highest BCUT2D eigenvalue weighted by atomic mass is 19.3. The number of aliphatic carboxylic acids is 1. The van der Waals surface area contributed by atoms with E-state index in [0.717, 1.165) is 6.08 Å². The molecule has 0 fully saturated rings. The molecule has 5 N–H and O–H groups in total. The largest absolute Gasteiger partial charge is 0.478 e. The molecule has 0 bridgehead atoms. The summed E-state index contributed by atoms with van der Waals surface area (Å²) in [6.07, 6.45) is -7.89. The standard InChI is InChI=1S/C9H14F6O4.C3H4O2/c10-7(11,1-5(18)3-16)9(14,15)8(12,13)2-6(19)4-17;1-2-3(4)5/h5-6,16-19H,1-4H2;2H,1H2,(H,4,5). The number of carbonyl (C=O) groups is 1. The zero-order chi connectivity index (χ0) is 19.8. The first kappa shape index (κ1) is 24.9. The number of alkyl halides is 6. The van der Waals surface area contributed by atoms with Gasteiger partial charge in [0.2, 0.25) is 0 Å². The number of aliphatic hydroxyl groups excluding tert-OH is 4. The molecule has 0 aliphatic heterocycles. The van der Waals surface area contributed by atoms with Crippen molar-refractivity contribution in [1.82, 2.24) is 0 Å². The SMILES string of the molecule is C=CC(=O)O.OCC(O)CC(F)(F)C(F)(F)C(F)(F)CC(O)CO. The lowest BCUT2D eigenvalue weighted by Crippen LogP contribution is -2.56. The third kappa shape index (κ3) is 7.47. The van der Waals surface area contributed by atoms with Crippen LogP contribution in [-0.2, 0) is 4.79 Å². The van der Waals surface area contributed by atoms with Gasteiger partial charge in [0, 0.05) is 18.9 Å². The molecule has 0 aromatic heterocycles. The van der Waals surface area contributed by atoms with Crippen LogP contribution < -0.4 is 0 Å². The molecule has 2 unspecified atom stereocenters. The lowest BCUT2D eigenvalue weighted by molar-refractivity contribution is -0.320. The highest BCUT2D eigenvalue weighted by Gasteiger charge is 2.71. The highest BCUT2D eigenvalue weighted by molar-refractivity contribution is 5.78. The highest BCUT2D eigenvalue weighted by Crippen LogP contribution is 2.49. The lowest BCUT2D eigenvalue weighted by atomic mass is 9.95. The molecule has 2 atom stereocenters. The van der Waals surface area contributed by atoms with Crippen LogP contribution in [0.4, 0.5) is 26.3 Å². The van der Waals surface area contributed by atoms with Gasteiger partial charge in [0.1, 0.15) is 0 Å². The van der Waals surface area contributed by atoms with Crippen molar-refractivity contribution in [3.8, 4) is 0 Å². The minimum absolute atomic E-state index is 0.833. The van der Waals surface area contributed by atoms with Gasteiger partial charge in [-0.2, -0.15) is 26.3 Å². The first-order valence-electron chi connectivity index (χ1n) is 6.25. The summed E-state index contributed by atoms with van der Waals surface area (Å²) in [5.41, 5.74) is 0. The maximum absolute atomic E-state index is 13.1. The molecular formula is C12H18F6O6. The Morgan fingerprint density at radius 2 is 1.17 bits per heavy atom. The number of hydrogen-bond acceptors (Lipinski definition) is 5. The van der Waals surface area contributed by atoms with Gasteiger partial charge >= 0.3 is 23.7 Å². The van der Waals surface area contributed by atoms with Crippen LogP contribution in [0, 0.1) is 0 Å². The fourth-order valence-corrected chi connectivity index (χ4v) is 1.24. The Kier molecular flexibility index (Phi) is 10.2. The molecule has 12 heteroatoms. The van der Waals surface area contributed by atoms with E-state index < -0.39 is 62.0 Å². The van der Waals surface area contributed by atoms with Crippen LogP contribution in [0.3, 0.4) is 0 Å². The molecule has 0 saturated heterocycles. The van der Waals surface area contributed by atoms with E-state index in [-0.39, 0.29) is 0 Å². The number of rotatable bonds is 9. The molecule has 0 amide bonds. The van der Waals surface area contributed by atoms with E-state index in [0.29, 0.717) is 0 Å². The molecule has 0 heterocycles. The molecule has 0 saturated carbocycles. The van der Waals surface area contributed by atoms with Crippen LogP contribution in [0.5, 0.6) is 0 Å². The molecular weight excluding hydrogens is 354 g/mol. The Morgan fingerprint density at radius 3 is 1.33 bits per heavy atom. The van der Waals surface area contributed by atoms with E-state index in [1.165, 1.54) is 0 Å². The molecule has 0 aliphatic rings. The smallest absolute Gasteiger partial charge is 0.372 e. The summed E-state index contributed by atoms with van der Waals surface area (Å²) >= 11 is 0. The van der Waals surface area contributed by atoms with Crippen molar-refractivity contribution < 1.29 is 56.7 Å². The quantitative estimate of drug-likeness (QED) is 0.299. The summed E-state index contributed by atoms with van der Waals surface area (Å²) in [5, 5.41) is 41.4. The molecule has 144 valence electrons. The average Bonchev–Trinajstić information content (AvgIpc) is 2.46. The number of carboxylic acids is 1. The van der Waals surface area contributed by atoms with Crippen molar-refractivity contribution >= 4 is 5.97 Å². The second-order valence-electron chi connectivity index (χ2n) is 4.61. The average molecular weight is 372 g/mol. The van der Waals surface area contributed by atoms with Gasteiger partial charge in [-0.1, -0.05) is 6.58 Å². The number of halogens is 6. The zero-order valence-corrected chi connectivity index (χ0v) is 12.2. The van der Waals surface area contributed by atoms with E-state index in [4.69, 9.17) is 25.5 Å². The molecule has 6 nitrogen and oxygen atoms in total. The van der Waals surface area contributed by atoms with E-state index in [2.05, 4.69) is 6.58 Å². The van der Waals surface area contributed by atoms with Crippen LogP contribution in [0.1, 0.15) is 12.8 Å². The Labute approximate surface area is 132 Å². The Hall–Kier alpha value is -1.37. The monoisotopic (exact) mass is 372 g/mol. The van der Waals surface area contributed by atoms with Gasteiger partial charge in [0.05, 0.1) is 25.4 Å². The third-order valence-electron chi connectivity index (χ3n) is 2.50. The van der Waals surface area contributed by atoms with Crippen molar-refractivity contribution in [2.45, 2.75) is 42.8 Å². The number of hydrogen-bond donors (Lipinski definition) is 5. The third-order valence-corrected chi connectivity index (χ3v) is 2.50. The first-order valence-corrected chi connectivity index (χ1v) is 6.25. The van der Waals surface area contributed by atoms with Crippen LogP contribution >= 0.6 is 0 Å². The minimum Gasteiger partial charge on any atom is -0.478 e. The fraction of sp³-hybridized carbons (Fsp3) is 0.750. The lowest BCUT2D eigenvalue weighted by Gasteiger charge is -2.34. The van der Waals surface area contributed by atoms with Crippen molar-refractivity contribution in [2.24, 2.45) is 0 Å². The van der Waals surface area contributed by atoms with E-state index in [1.807, 2.05) is 0 Å². The maximum Gasteiger partial charge on any atom is 0.372 e. The summed E-state index contributed by atoms with van der Waals surface area (Å²) in [7, 11) is 0. The van der Waals surface area contributed by atoms with Crippen LogP contribution in [0.15, 0.2) is 12.7 Å². The summed E-state index contributed by atoms with van der Waals surface area (Å²) < 4.78 is 78.3. The predicted octanol–water partition coefficient (Wildman–Crippen LogP) is 0.636. The van der Waals surface area contributed by atoms with E-state index in [9.17, 15) is 31.1 Å². The van der Waals surface area contributed by atoms with Gasteiger partial charge in [0.15, 0.2) is 0 Å². The van der Waals surface area contributed by atoms with Crippen molar-refractivity contribution in [1.29, 1.82) is 0 Å². The van der Waals surface area contributed by atoms with Crippen molar-refractivity contribution in [3.63, 3.8) is 0 Å². The van der Waals surface area contributed by atoms with Crippen molar-refractivity contribution in [2.75, 3.05) is 13.2 Å². The molecule has 0 spiro atoms. The summed E-state index contributed by atoms with van der Waals surface area (Å²) in [4.78, 5) is 9.25. The Balaban J connectivity index is 0. The minimum atomic E-state index is -5.85. The summed E-state index contributed by atoms with van der Waals surface area (Å²) in [6.45, 7) is 0.370.